The largest absolute Gasteiger partial charge is 0.396 e. The smallest absolute Gasteiger partial charge is 0.253 e. The van der Waals surface area contributed by atoms with E-state index in [1.54, 1.807) is 11.0 Å². The van der Waals surface area contributed by atoms with Crippen LogP contribution in [0.2, 0.25) is 0 Å². The fraction of sp³-hybridized carbons (Fsp3) is 0.357. The summed E-state index contributed by atoms with van der Waals surface area (Å²) in [6, 6.07) is 7.34. The van der Waals surface area contributed by atoms with Gasteiger partial charge in [-0.25, -0.2) is 4.98 Å². The van der Waals surface area contributed by atoms with Crippen LogP contribution in [-0.2, 0) is 0 Å². The summed E-state index contributed by atoms with van der Waals surface area (Å²) in [4.78, 5) is 18.3. The Labute approximate surface area is 116 Å². The van der Waals surface area contributed by atoms with E-state index in [2.05, 4.69) is 15.2 Å². The lowest BCUT2D eigenvalue weighted by atomic mass is 10.1. The van der Waals surface area contributed by atoms with Crippen molar-refractivity contribution in [2.45, 2.75) is 6.42 Å². The molecule has 0 bridgehead atoms. The number of hydrogen-bond acceptors (Lipinski definition) is 4. The summed E-state index contributed by atoms with van der Waals surface area (Å²) in [7, 11) is 0. The first-order chi connectivity index (χ1) is 9.78. The van der Waals surface area contributed by atoms with Crippen LogP contribution >= 0.6 is 0 Å². The van der Waals surface area contributed by atoms with Crippen LogP contribution < -0.4 is 0 Å². The number of amides is 1. The number of benzene rings is 1. The standard InChI is InChI=1S/C14H16N4O2/c19-8-10-4-5-18(7-10)14(20)12-3-1-2-11(6-12)13-15-9-16-17-13/h1-3,6,9-10,19H,4-5,7-8H2,(H,15,16,17). The number of aliphatic hydroxyl groups excluding tert-OH is 1. The van der Waals surface area contributed by atoms with E-state index in [-0.39, 0.29) is 18.4 Å². The van der Waals surface area contributed by atoms with Gasteiger partial charge in [-0.3, -0.25) is 9.89 Å². The molecule has 1 aromatic heterocycles. The van der Waals surface area contributed by atoms with Crippen LogP contribution in [0.15, 0.2) is 30.6 Å². The summed E-state index contributed by atoms with van der Waals surface area (Å²) in [5.74, 6) is 0.855. The molecule has 1 aliphatic heterocycles. The number of aliphatic hydroxyl groups is 1. The summed E-state index contributed by atoms with van der Waals surface area (Å²) >= 11 is 0. The molecule has 20 heavy (non-hydrogen) atoms. The summed E-state index contributed by atoms with van der Waals surface area (Å²) in [6.07, 6.45) is 2.31. The molecule has 2 aromatic rings. The number of likely N-dealkylation sites (tertiary alicyclic amines) is 1. The topological polar surface area (TPSA) is 82.1 Å². The lowest BCUT2D eigenvalue weighted by molar-refractivity contribution is 0.0782. The Morgan fingerprint density at radius 3 is 3.10 bits per heavy atom. The number of rotatable bonds is 3. The second-order valence-electron chi connectivity index (χ2n) is 5.00. The Kier molecular flexibility index (Phi) is 3.47. The maximum Gasteiger partial charge on any atom is 0.253 e. The first-order valence-electron chi connectivity index (χ1n) is 6.64. The van der Waals surface area contributed by atoms with Gasteiger partial charge in [0, 0.05) is 36.7 Å². The van der Waals surface area contributed by atoms with Gasteiger partial charge in [-0.05, 0) is 18.6 Å². The van der Waals surface area contributed by atoms with Gasteiger partial charge in [0.15, 0.2) is 5.82 Å². The van der Waals surface area contributed by atoms with Crippen LogP contribution in [-0.4, -0.2) is 50.8 Å². The van der Waals surface area contributed by atoms with Crippen LogP contribution in [0.3, 0.4) is 0 Å². The van der Waals surface area contributed by atoms with Gasteiger partial charge in [0.05, 0.1) is 0 Å². The average Bonchev–Trinajstić information content (AvgIpc) is 3.17. The van der Waals surface area contributed by atoms with E-state index in [0.29, 0.717) is 24.5 Å². The van der Waals surface area contributed by atoms with E-state index in [4.69, 9.17) is 5.11 Å². The van der Waals surface area contributed by atoms with Crippen LogP contribution in [0, 0.1) is 5.92 Å². The van der Waals surface area contributed by atoms with Crippen molar-refractivity contribution in [1.29, 1.82) is 0 Å². The molecule has 1 unspecified atom stereocenters. The van der Waals surface area contributed by atoms with Crippen molar-refractivity contribution in [3.63, 3.8) is 0 Å². The molecule has 1 aromatic carbocycles. The first kappa shape index (κ1) is 12.8. The summed E-state index contributed by atoms with van der Waals surface area (Å²) < 4.78 is 0. The van der Waals surface area contributed by atoms with Gasteiger partial charge in [0.1, 0.15) is 6.33 Å². The van der Waals surface area contributed by atoms with Gasteiger partial charge in [-0.2, -0.15) is 5.10 Å². The monoisotopic (exact) mass is 272 g/mol. The molecule has 0 radical (unpaired) electrons. The fourth-order valence-electron chi connectivity index (χ4n) is 2.49. The molecule has 104 valence electrons. The highest BCUT2D eigenvalue weighted by atomic mass is 16.3. The third-order valence-corrected chi connectivity index (χ3v) is 3.63. The molecule has 6 heteroatoms. The Hall–Kier alpha value is -2.21. The number of aromatic nitrogens is 3. The minimum atomic E-state index is 0.00214. The molecule has 1 aliphatic rings. The minimum Gasteiger partial charge on any atom is -0.396 e. The molecule has 0 saturated carbocycles. The Morgan fingerprint density at radius 1 is 1.50 bits per heavy atom. The van der Waals surface area contributed by atoms with E-state index in [9.17, 15) is 4.79 Å². The van der Waals surface area contributed by atoms with Crippen molar-refractivity contribution in [1.82, 2.24) is 20.1 Å². The predicted octanol–water partition coefficient (Wildman–Crippen LogP) is 0.926. The van der Waals surface area contributed by atoms with E-state index in [0.717, 1.165) is 12.0 Å². The number of carbonyl (C=O) groups is 1. The normalized spacial score (nSPS) is 18.4. The molecule has 1 atom stereocenters. The summed E-state index contributed by atoms with van der Waals surface area (Å²) in [6.45, 7) is 1.47. The van der Waals surface area contributed by atoms with Crippen molar-refractivity contribution in [3.05, 3.63) is 36.2 Å². The van der Waals surface area contributed by atoms with Gasteiger partial charge in [-0.1, -0.05) is 12.1 Å². The molecule has 3 rings (SSSR count). The molecule has 1 fully saturated rings. The number of nitrogens with one attached hydrogen (secondary N) is 1. The Balaban J connectivity index is 1.80. The Morgan fingerprint density at radius 2 is 2.40 bits per heavy atom. The number of H-pyrrole nitrogens is 1. The van der Waals surface area contributed by atoms with E-state index in [1.807, 2.05) is 18.2 Å². The highest BCUT2D eigenvalue weighted by Crippen LogP contribution is 2.21. The molecular formula is C14H16N4O2. The zero-order valence-corrected chi connectivity index (χ0v) is 11.0. The molecule has 0 aliphatic carbocycles. The zero-order valence-electron chi connectivity index (χ0n) is 11.0. The molecular weight excluding hydrogens is 256 g/mol. The van der Waals surface area contributed by atoms with Crippen LogP contribution in [0.1, 0.15) is 16.8 Å². The SMILES string of the molecule is O=C(c1cccc(-c2ncn[nH]2)c1)N1CCC(CO)C1. The lowest BCUT2D eigenvalue weighted by Gasteiger charge is -2.16. The van der Waals surface area contributed by atoms with Crippen molar-refractivity contribution < 1.29 is 9.90 Å². The molecule has 1 saturated heterocycles. The maximum absolute atomic E-state index is 12.4. The summed E-state index contributed by atoms with van der Waals surface area (Å²) in [5.41, 5.74) is 1.48. The minimum absolute atomic E-state index is 0.00214. The van der Waals surface area contributed by atoms with Gasteiger partial charge >= 0.3 is 0 Å². The molecule has 2 N–H and O–H groups in total. The predicted molar refractivity (Wildman–Crippen MR) is 72.9 cm³/mol. The van der Waals surface area contributed by atoms with Crippen molar-refractivity contribution in [2.24, 2.45) is 5.92 Å². The van der Waals surface area contributed by atoms with Gasteiger partial charge < -0.3 is 10.0 Å². The number of hydrogen-bond donors (Lipinski definition) is 2. The zero-order chi connectivity index (χ0) is 13.9. The molecule has 0 spiro atoms. The lowest BCUT2D eigenvalue weighted by Crippen LogP contribution is -2.29. The second kappa shape index (κ2) is 5.42. The molecule has 1 amide bonds. The van der Waals surface area contributed by atoms with Crippen molar-refractivity contribution in [3.8, 4) is 11.4 Å². The highest BCUT2D eigenvalue weighted by Gasteiger charge is 2.26. The van der Waals surface area contributed by atoms with E-state index in [1.165, 1.54) is 6.33 Å². The third-order valence-electron chi connectivity index (χ3n) is 3.63. The van der Waals surface area contributed by atoms with Gasteiger partial charge in [-0.15, -0.1) is 0 Å². The van der Waals surface area contributed by atoms with Gasteiger partial charge in [0.25, 0.3) is 5.91 Å². The van der Waals surface area contributed by atoms with Crippen molar-refractivity contribution >= 4 is 5.91 Å². The first-order valence-corrected chi connectivity index (χ1v) is 6.64. The van der Waals surface area contributed by atoms with Crippen LogP contribution in [0.25, 0.3) is 11.4 Å². The number of aromatic amines is 1. The van der Waals surface area contributed by atoms with Gasteiger partial charge in [0.2, 0.25) is 0 Å². The van der Waals surface area contributed by atoms with Crippen molar-refractivity contribution in [2.75, 3.05) is 19.7 Å². The fourth-order valence-corrected chi connectivity index (χ4v) is 2.49. The third kappa shape index (κ3) is 2.42. The Bertz CT molecular complexity index is 597. The highest BCUT2D eigenvalue weighted by molar-refractivity contribution is 5.95. The molecule has 2 heterocycles. The number of carbonyl (C=O) groups excluding carboxylic acids is 1. The second-order valence-corrected chi connectivity index (χ2v) is 5.00. The summed E-state index contributed by atoms with van der Waals surface area (Å²) in [5, 5.41) is 15.7. The van der Waals surface area contributed by atoms with Crippen LogP contribution in [0.4, 0.5) is 0 Å². The average molecular weight is 272 g/mol. The quantitative estimate of drug-likeness (QED) is 0.870. The maximum atomic E-state index is 12.4. The van der Waals surface area contributed by atoms with Crippen LogP contribution in [0.5, 0.6) is 0 Å². The number of nitrogens with zero attached hydrogens (tertiary/aromatic N) is 3. The van der Waals surface area contributed by atoms with E-state index >= 15 is 0 Å². The molecule has 6 nitrogen and oxygen atoms in total. The van der Waals surface area contributed by atoms with E-state index < -0.39 is 0 Å².